The molecule has 0 saturated heterocycles. The number of nitrogens with one attached hydrogen (secondary N) is 1. The van der Waals surface area contributed by atoms with Crippen molar-refractivity contribution in [2.75, 3.05) is 5.32 Å². The summed E-state index contributed by atoms with van der Waals surface area (Å²) < 4.78 is 13.2. The third-order valence-electron chi connectivity index (χ3n) is 2.98. The van der Waals surface area contributed by atoms with E-state index in [1.165, 1.54) is 0 Å². The van der Waals surface area contributed by atoms with E-state index >= 15 is 0 Å². The Hall–Kier alpha value is -2.53. The maximum Gasteiger partial charge on any atom is 0.258 e. The van der Waals surface area contributed by atoms with E-state index in [4.69, 9.17) is 11.6 Å². The van der Waals surface area contributed by atoms with Crippen molar-refractivity contribution in [2.45, 2.75) is 0 Å². The molecule has 0 aliphatic carbocycles. The second-order valence-electron chi connectivity index (χ2n) is 4.35. The number of amides is 1. The zero-order valence-corrected chi connectivity index (χ0v) is 11.4. The number of pyridine rings is 2. The summed E-state index contributed by atoms with van der Waals surface area (Å²) in [6.07, 6.45) is 4.29. The molecule has 3 aromatic rings. The fourth-order valence-electron chi connectivity index (χ4n) is 2.00. The Labute approximate surface area is 124 Å². The average molecular weight is 302 g/mol. The van der Waals surface area contributed by atoms with E-state index in [1.54, 1.807) is 30.6 Å². The first-order chi connectivity index (χ1) is 10.1. The number of hydrogen-bond acceptors (Lipinski definition) is 3. The van der Waals surface area contributed by atoms with Gasteiger partial charge in [0.1, 0.15) is 11.0 Å². The van der Waals surface area contributed by atoms with Crippen molar-refractivity contribution >= 4 is 34.0 Å². The van der Waals surface area contributed by atoms with Crippen LogP contribution in [0.1, 0.15) is 10.4 Å². The number of carbonyl (C=O) groups is 1. The molecule has 0 fully saturated rings. The van der Waals surface area contributed by atoms with Crippen LogP contribution < -0.4 is 5.32 Å². The summed E-state index contributed by atoms with van der Waals surface area (Å²) in [5.74, 6) is -1.14. The fraction of sp³-hybridized carbons (Fsp3) is 0. The summed E-state index contributed by atoms with van der Waals surface area (Å²) in [7, 11) is 0. The van der Waals surface area contributed by atoms with E-state index in [1.807, 2.05) is 6.07 Å². The summed E-state index contributed by atoms with van der Waals surface area (Å²) in [5.41, 5.74) is 0.586. The number of halogens is 2. The van der Waals surface area contributed by atoms with Gasteiger partial charge in [-0.1, -0.05) is 23.7 Å². The summed E-state index contributed by atoms with van der Waals surface area (Å²) in [6.45, 7) is 0. The van der Waals surface area contributed by atoms with Crippen LogP contribution in [0.5, 0.6) is 0 Å². The topological polar surface area (TPSA) is 54.9 Å². The van der Waals surface area contributed by atoms with Crippen molar-refractivity contribution < 1.29 is 9.18 Å². The highest BCUT2D eigenvalue weighted by Gasteiger charge is 2.14. The minimum absolute atomic E-state index is 0.0114. The van der Waals surface area contributed by atoms with Crippen LogP contribution in [-0.4, -0.2) is 15.9 Å². The molecule has 21 heavy (non-hydrogen) atoms. The number of benzene rings is 1. The molecule has 0 aliphatic heterocycles. The number of rotatable bonds is 2. The van der Waals surface area contributed by atoms with Gasteiger partial charge >= 0.3 is 0 Å². The van der Waals surface area contributed by atoms with Crippen molar-refractivity contribution in [3.05, 3.63) is 65.5 Å². The lowest BCUT2D eigenvalue weighted by Crippen LogP contribution is -2.13. The van der Waals surface area contributed by atoms with E-state index < -0.39 is 11.7 Å². The Bertz CT molecular complexity index is 833. The van der Waals surface area contributed by atoms with Crippen LogP contribution in [0.3, 0.4) is 0 Å². The van der Waals surface area contributed by atoms with Gasteiger partial charge in [-0.2, -0.15) is 0 Å². The van der Waals surface area contributed by atoms with Crippen LogP contribution in [0, 0.1) is 5.82 Å². The predicted molar refractivity (Wildman–Crippen MR) is 78.9 cm³/mol. The SMILES string of the molecule is O=C(Nc1cccc2cnccc12)c1cc(F)cnc1Cl. The monoisotopic (exact) mass is 301 g/mol. The molecule has 0 bridgehead atoms. The summed E-state index contributed by atoms with van der Waals surface area (Å²) in [4.78, 5) is 19.9. The molecule has 1 aromatic carbocycles. The lowest BCUT2D eigenvalue weighted by Gasteiger charge is -2.09. The Morgan fingerprint density at radius 2 is 2.10 bits per heavy atom. The molecule has 1 N–H and O–H groups in total. The number of aromatic nitrogens is 2. The molecule has 6 heteroatoms. The average Bonchev–Trinajstić information content (AvgIpc) is 2.50. The van der Waals surface area contributed by atoms with Crippen LogP contribution in [0.2, 0.25) is 5.15 Å². The van der Waals surface area contributed by atoms with E-state index in [0.717, 1.165) is 23.0 Å². The standard InChI is InChI=1S/C15H9ClFN3O/c16-14-12(6-10(17)8-19-14)15(21)20-13-3-1-2-9-7-18-5-4-11(9)13/h1-8H,(H,20,21). The molecule has 0 radical (unpaired) electrons. The number of hydrogen-bond donors (Lipinski definition) is 1. The maximum atomic E-state index is 13.2. The molecule has 2 heterocycles. The zero-order valence-electron chi connectivity index (χ0n) is 10.7. The second kappa shape index (κ2) is 5.46. The molecular formula is C15H9ClFN3O. The zero-order chi connectivity index (χ0) is 14.8. The molecule has 0 spiro atoms. The van der Waals surface area contributed by atoms with Crippen LogP contribution in [0.25, 0.3) is 10.8 Å². The van der Waals surface area contributed by atoms with Crippen LogP contribution in [0.15, 0.2) is 48.9 Å². The van der Waals surface area contributed by atoms with Crippen LogP contribution in [-0.2, 0) is 0 Å². The second-order valence-corrected chi connectivity index (χ2v) is 4.71. The van der Waals surface area contributed by atoms with Crippen molar-refractivity contribution in [1.29, 1.82) is 0 Å². The molecule has 4 nitrogen and oxygen atoms in total. The summed E-state index contributed by atoms with van der Waals surface area (Å²) in [5, 5.41) is 4.39. The van der Waals surface area contributed by atoms with E-state index in [2.05, 4.69) is 15.3 Å². The van der Waals surface area contributed by atoms with Gasteiger partial charge in [0.05, 0.1) is 11.8 Å². The fourth-order valence-corrected chi connectivity index (χ4v) is 2.19. The minimum Gasteiger partial charge on any atom is -0.321 e. The molecule has 0 atom stereocenters. The molecule has 1 amide bonds. The van der Waals surface area contributed by atoms with Crippen molar-refractivity contribution in [1.82, 2.24) is 9.97 Å². The van der Waals surface area contributed by atoms with Crippen LogP contribution >= 0.6 is 11.6 Å². The first-order valence-corrected chi connectivity index (χ1v) is 6.48. The third kappa shape index (κ3) is 2.68. The highest BCUT2D eigenvalue weighted by molar-refractivity contribution is 6.33. The normalized spacial score (nSPS) is 10.6. The number of carbonyl (C=O) groups excluding carboxylic acids is 1. The maximum absolute atomic E-state index is 13.2. The Balaban J connectivity index is 1.99. The predicted octanol–water partition coefficient (Wildman–Crippen LogP) is 3.67. The summed E-state index contributed by atoms with van der Waals surface area (Å²) >= 11 is 5.83. The summed E-state index contributed by atoms with van der Waals surface area (Å²) in [6, 6.07) is 8.27. The number of anilines is 1. The molecule has 0 aliphatic rings. The smallest absolute Gasteiger partial charge is 0.258 e. The van der Waals surface area contributed by atoms with Crippen molar-refractivity contribution in [3.8, 4) is 0 Å². The minimum atomic E-state index is -0.619. The molecular weight excluding hydrogens is 293 g/mol. The molecule has 0 unspecified atom stereocenters. The molecule has 2 aromatic heterocycles. The van der Waals surface area contributed by atoms with Crippen molar-refractivity contribution in [3.63, 3.8) is 0 Å². The van der Waals surface area contributed by atoms with Gasteiger partial charge in [0.2, 0.25) is 0 Å². The van der Waals surface area contributed by atoms with E-state index in [9.17, 15) is 9.18 Å². The van der Waals surface area contributed by atoms with Crippen LogP contribution in [0.4, 0.5) is 10.1 Å². The Kier molecular flexibility index (Phi) is 3.50. The van der Waals surface area contributed by atoms with Gasteiger partial charge in [-0.3, -0.25) is 9.78 Å². The molecule has 104 valence electrons. The molecule has 0 saturated carbocycles. The number of fused-ring (bicyclic) bond motifs is 1. The van der Waals surface area contributed by atoms with Crippen molar-refractivity contribution in [2.24, 2.45) is 0 Å². The Morgan fingerprint density at radius 3 is 2.95 bits per heavy atom. The van der Waals surface area contributed by atoms with Gasteiger partial charge in [-0.15, -0.1) is 0 Å². The van der Waals surface area contributed by atoms with Gasteiger partial charge < -0.3 is 5.32 Å². The molecule has 3 rings (SSSR count). The first kappa shape index (κ1) is 13.5. The Morgan fingerprint density at radius 1 is 1.24 bits per heavy atom. The van der Waals surface area contributed by atoms with Gasteiger partial charge in [0, 0.05) is 28.9 Å². The number of nitrogens with zero attached hydrogens (tertiary/aromatic N) is 2. The largest absolute Gasteiger partial charge is 0.321 e. The third-order valence-corrected chi connectivity index (χ3v) is 3.28. The highest BCUT2D eigenvalue weighted by Crippen LogP contribution is 2.23. The lowest BCUT2D eigenvalue weighted by atomic mass is 10.1. The van der Waals surface area contributed by atoms with Gasteiger partial charge in [-0.05, 0) is 18.2 Å². The quantitative estimate of drug-likeness (QED) is 0.735. The highest BCUT2D eigenvalue weighted by atomic mass is 35.5. The van der Waals surface area contributed by atoms with Gasteiger partial charge in [-0.25, -0.2) is 9.37 Å². The van der Waals surface area contributed by atoms with Gasteiger partial charge in [0.15, 0.2) is 0 Å². The lowest BCUT2D eigenvalue weighted by molar-refractivity contribution is 0.102. The van der Waals surface area contributed by atoms with E-state index in [0.29, 0.717) is 5.69 Å². The first-order valence-electron chi connectivity index (χ1n) is 6.10. The van der Waals surface area contributed by atoms with E-state index in [-0.39, 0.29) is 10.7 Å². The van der Waals surface area contributed by atoms with Gasteiger partial charge in [0.25, 0.3) is 5.91 Å².